The van der Waals surface area contributed by atoms with Gasteiger partial charge in [-0.3, -0.25) is 0 Å². The van der Waals surface area contributed by atoms with Gasteiger partial charge in [0.1, 0.15) is 0 Å². The van der Waals surface area contributed by atoms with Gasteiger partial charge in [-0.15, -0.1) is 0 Å². The number of aliphatic hydroxyl groups excluding tert-OH is 1. The van der Waals surface area contributed by atoms with E-state index < -0.39 is 0 Å². The summed E-state index contributed by atoms with van der Waals surface area (Å²) in [5.41, 5.74) is 0.535. The second-order valence-corrected chi connectivity index (χ2v) is 3.02. The highest BCUT2D eigenvalue weighted by atomic mass is 16.3. The molecule has 1 N–H and O–H groups in total. The molecule has 0 amide bonds. The quantitative estimate of drug-likeness (QED) is 0.498. The van der Waals surface area contributed by atoms with Crippen molar-refractivity contribution in [1.29, 1.82) is 0 Å². The summed E-state index contributed by atoms with van der Waals surface area (Å²) in [6.45, 7) is 0.392. The number of allylic oxidation sites excluding steroid dienone is 2. The lowest BCUT2D eigenvalue weighted by Gasteiger charge is -2.34. The van der Waals surface area contributed by atoms with Crippen LogP contribution >= 0.6 is 0 Å². The van der Waals surface area contributed by atoms with Crippen LogP contribution in [0.5, 0.6) is 0 Å². The maximum atomic E-state index is 8.62. The van der Waals surface area contributed by atoms with Crippen LogP contribution in [-0.2, 0) is 0 Å². The summed E-state index contributed by atoms with van der Waals surface area (Å²) < 4.78 is 0. The minimum atomic E-state index is 0.392. The van der Waals surface area contributed by atoms with Gasteiger partial charge in [-0.2, -0.15) is 0 Å². The largest absolute Gasteiger partial charge is 0.396 e. The van der Waals surface area contributed by atoms with Gasteiger partial charge < -0.3 is 5.11 Å². The van der Waals surface area contributed by atoms with E-state index >= 15 is 0 Å². The van der Waals surface area contributed by atoms with Gasteiger partial charge >= 0.3 is 0 Å². The Morgan fingerprint density at radius 3 is 2.50 bits per heavy atom. The number of hydrogen-bond donors (Lipinski definition) is 1. The molecular weight excluding hydrogens is 100 g/mol. The molecule has 0 aromatic heterocycles. The smallest absolute Gasteiger partial charge is 0.0460 e. The van der Waals surface area contributed by atoms with E-state index in [1.165, 1.54) is 12.8 Å². The van der Waals surface area contributed by atoms with Gasteiger partial charge in [0.2, 0.25) is 0 Å². The van der Waals surface area contributed by atoms with E-state index in [2.05, 4.69) is 12.2 Å². The highest BCUT2D eigenvalue weighted by Crippen LogP contribution is 2.55. The lowest BCUT2D eigenvalue weighted by atomic mass is 9.71. The molecule has 1 fully saturated rings. The predicted octanol–water partition coefficient (Wildman–Crippen LogP) is 0.945. The van der Waals surface area contributed by atoms with Gasteiger partial charge in [0.15, 0.2) is 0 Å². The van der Waals surface area contributed by atoms with Crippen molar-refractivity contribution in [2.45, 2.75) is 12.8 Å². The van der Waals surface area contributed by atoms with Crippen LogP contribution < -0.4 is 0 Å². The van der Waals surface area contributed by atoms with Crippen molar-refractivity contribution < 1.29 is 5.11 Å². The zero-order chi connectivity index (χ0) is 5.61. The molecule has 44 valence electrons. The maximum absolute atomic E-state index is 8.62. The van der Waals surface area contributed by atoms with Gasteiger partial charge in [-0.05, 0) is 18.8 Å². The van der Waals surface area contributed by atoms with E-state index in [4.69, 9.17) is 5.11 Å². The molecule has 2 rings (SSSR count). The molecular formula is C7H10O. The molecule has 1 heteroatoms. The van der Waals surface area contributed by atoms with Crippen molar-refractivity contribution in [3.8, 4) is 0 Å². The maximum Gasteiger partial charge on any atom is 0.0460 e. The standard InChI is InChI=1S/C7H10O/c8-5-6-3-7(4-6)1-2-7/h1-2,6,8H,3-5H2. The van der Waals surface area contributed by atoms with E-state index in [1.54, 1.807) is 0 Å². The fraction of sp³-hybridized carbons (Fsp3) is 0.714. The van der Waals surface area contributed by atoms with Crippen molar-refractivity contribution in [2.24, 2.45) is 11.3 Å². The summed E-state index contributed by atoms with van der Waals surface area (Å²) in [6.07, 6.45) is 6.92. The summed E-state index contributed by atoms with van der Waals surface area (Å²) >= 11 is 0. The summed E-state index contributed by atoms with van der Waals surface area (Å²) in [6, 6.07) is 0. The molecule has 1 spiro atoms. The minimum Gasteiger partial charge on any atom is -0.396 e. The highest BCUT2D eigenvalue weighted by Gasteiger charge is 2.46. The molecule has 0 aromatic rings. The van der Waals surface area contributed by atoms with Crippen LogP contribution in [0.1, 0.15) is 12.8 Å². The molecule has 2 aliphatic rings. The molecule has 0 aromatic carbocycles. The first-order chi connectivity index (χ1) is 3.85. The van der Waals surface area contributed by atoms with Crippen LogP contribution in [0.15, 0.2) is 12.2 Å². The first-order valence-corrected chi connectivity index (χ1v) is 3.16. The molecule has 8 heavy (non-hydrogen) atoms. The summed E-state index contributed by atoms with van der Waals surface area (Å²) in [7, 11) is 0. The van der Waals surface area contributed by atoms with E-state index in [1.807, 2.05) is 0 Å². The lowest BCUT2D eigenvalue weighted by Crippen LogP contribution is -2.28. The van der Waals surface area contributed by atoms with E-state index in [9.17, 15) is 0 Å². The van der Waals surface area contributed by atoms with Gasteiger partial charge in [-0.25, -0.2) is 0 Å². The zero-order valence-corrected chi connectivity index (χ0v) is 4.80. The molecule has 0 heterocycles. The molecule has 0 saturated heterocycles. The summed E-state index contributed by atoms with van der Waals surface area (Å²) in [4.78, 5) is 0. The van der Waals surface area contributed by atoms with Crippen LogP contribution in [0, 0.1) is 11.3 Å². The fourth-order valence-electron chi connectivity index (χ4n) is 1.53. The van der Waals surface area contributed by atoms with Crippen LogP contribution in [0.25, 0.3) is 0 Å². The Bertz CT molecular complexity index is 123. The fourth-order valence-corrected chi connectivity index (χ4v) is 1.53. The molecule has 0 radical (unpaired) electrons. The Kier molecular flexibility index (Phi) is 0.662. The van der Waals surface area contributed by atoms with Crippen molar-refractivity contribution in [1.82, 2.24) is 0 Å². The first-order valence-electron chi connectivity index (χ1n) is 3.16. The Morgan fingerprint density at radius 1 is 1.50 bits per heavy atom. The molecule has 0 unspecified atom stereocenters. The van der Waals surface area contributed by atoms with Crippen molar-refractivity contribution >= 4 is 0 Å². The molecule has 2 aliphatic carbocycles. The second-order valence-electron chi connectivity index (χ2n) is 3.02. The number of hydrogen-bond acceptors (Lipinski definition) is 1. The third kappa shape index (κ3) is 0.451. The number of aliphatic hydroxyl groups is 1. The van der Waals surface area contributed by atoms with Crippen LogP contribution in [0.4, 0.5) is 0 Å². The number of rotatable bonds is 1. The Labute approximate surface area is 49.0 Å². The van der Waals surface area contributed by atoms with E-state index in [-0.39, 0.29) is 0 Å². The van der Waals surface area contributed by atoms with E-state index in [0.717, 1.165) is 0 Å². The van der Waals surface area contributed by atoms with Crippen molar-refractivity contribution in [2.75, 3.05) is 6.61 Å². The van der Waals surface area contributed by atoms with Gasteiger partial charge in [-0.1, -0.05) is 12.2 Å². The predicted molar refractivity (Wildman–Crippen MR) is 31.4 cm³/mol. The van der Waals surface area contributed by atoms with Crippen LogP contribution in [0.2, 0.25) is 0 Å². The molecule has 0 aliphatic heterocycles. The van der Waals surface area contributed by atoms with Gasteiger partial charge in [0, 0.05) is 12.0 Å². The first kappa shape index (κ1) is 4.57. The van der Waals surface area contributed by atoms with Crippen LogP contribution in [-0.4, -0.2) is 11.7 Å². The monoisotopic (exact) mass is 110 g/mol. The summed E-state index contributed by atoms with van der Waals surface area (Å²) in [5, 5.41) is 8.62. The molecule has 0 atom stereocenters. The second kappa shape index (κ2) is 1.16. The summed E-state index contributed by atoms with van der Waals surface area (Å²) in [5.74, 6) is 0.616. The van der Waals surface area contributed by atoms with Crippen LogP contribution in [0.3, 0.4) is 0 Å². The lowest BCUT2D eigenvalue weighted by molar-refractivity contribution is 0.108. The van der Waals surface area contributed by atoms with Crippen molar-refractivity contribution in [3.05, 3.63) is 12.2 Å². The van der Waals surface area contributed by atoms with Gasteiger partial charge in [0.25, 0.3) is 0 Å². The molecule has 1 saturated carbocycles. The average Bonchev–Trinajstić information content (AvgIpc) is 2.38. The Morgan fingerprint density at radius 2 is 2.12 bits per heavy atom. The normalized spacial score (nSPS) is 30.6. The minimum absolute atomic E-state index is 0.392. The molecule has 1 nitrogen and oxygen atoms in total. The van der Waals surface area contributed by atoms with E-state index in [0.29, 0.717) is 17.9 Å². The highest BCUT2D eigenvalue weighted by molar-refractivity contribution is 5.30. The Balaban J connectivity index is 1.85. The Hall–Kier alpha value is -0.300. The van der Waals surface area contributed by atoms with Gasteiger partial charge in [0.05, 0.1) is 0 Å². The zero-order valence-electron chi connectivity index (χ0n) is 4.80. The SMILES string of the molecule is OCC1CC2(C=C2)C1. The third-order valence-corrected chi connectivity index (χ3v) is 2.23. The topological polar surface area (TPSA) is 20.2 Å². The molecule has 0 bridgehead atoms. The third-order valence-electron chi connectivity index (χ3n) is 2.23. The van der Waals surface area contributed by atoms with Crippen molar-refractivity contribution in [3.63, 3.8) is 0 Å². The average molecular weight is 110 g/mol.